The van der Waals surface area contributed by atoms with Crippen LogP contribution in [0.4, 0.5) is 17.6 Å². The van der Waals surface area contributed by atoms with Crippen LogP contribution in [-0.2, 0) is 25.4 Å². The van der Waals surface area contributed by atoms with E-state index >= 15 is 4.39 Å². The first-order chi connectivity index (χ1) is 17.3. The van der Waals surface area contributed by atoms with Crippen LogP contribution in [0.25, 0.3) is 10.8 Å². The molecule has 194 valence electrons. The second-order valence-electron chi connectivity index (χ2n) is 10.7. The minimum absolute atomic E-state index is 0.215. The second kappa shape index (κ2) is 12.3. The lowest BCUT2D eigenvalue weighted by Crippen LogP contribution is -2.15. The van der Waals surface area contributed by atoms with Gasteiger partial charge in [0, 0.05) is 5.39 Å². The van der Waals surface area contributed by atoms with Crippen LogP contribution in [0.5, 0.6) is 0 Å². The van der Waals surface area contributed by atoms with Crippen LogP contribution in [0.15, 0.2) is 54.6 Å². The number of hydrogen-bond acceptors (Lipinski definition) is 0. The molecule has 0 spiro atoms. The van der Waals surface area contributed by atoms with Crippen LogP contribution >= 0.6 is 0 Å². The number of rotatable bonds is 10. The Balaban J connectivity index is 1.30. The van der Waals surface area contributed by atoms with E-state index in [9.17, 15) is 13.2 Å². The van der Waals surface area contributed by atoms with Crippen molar-refractivity contribution in [1.82, 2.24) is 0 Å². The molecule has 0 aromatic heterocycles. The molecule has 4 heteroatoms. The summed E-state index contributed by atoms with van der Waals surface area (Å²) in [6.45, 7) is 2.27. The zero-order chi connectivity index (χ0) is 25.5. The largest absolute Gasteiger partial charge is 0.416 e. The Morgan fingerprint density at radius 1 is 0.722 bits per heavy atom. The van der Waals surface area contributed by atoms with Gasteiger partial charge in [-0.1, -0.05) is 101 Å². The second-order valence-corrected chi connectivity index (χ2v) is 10.7. The van der Waals surface area contributed by atoms with Crippen LogP contribution in [0.3, 0.4) is 0 Å². The van der Waals surface area contributed by atoms with Crippen molar-refractivity contribution in [3.05, 3.63) is 82.7 Å². The van der Waals surface area contributed by atoms with Crippen molar-refractivity contribution >= 4 is 10.8 Å². The van der Waals surface area contributed by atoms with Gasteiger partial charge in [-0.05, 0) is 71.7 Å². The average Bonchev–Trinajstić information content (AvgIpc) is 2.88. The van der Waals surface area contributed by atoms with Gasteiger partial charge in [-0.2, -0.15) is 13.2 Å². The summed E-state index contributed by atoms with van der Waals surface area (Å²) in [5.74, 6) is 1.53. The van der Waals surface area contributed by atoms with E-state index in [0.29, 0.717) is 23.8 Å². The Bertz CT molecular complexity index is 1110. The summed E-state index contributed by atoms with van der Waals surface area (Å²) in [5.41, 5.74) is 1.98. The van der Waals surface area contributed by atoms with Crippen LogP contribution < -0.4 is 0 Å². The Kier molecular flexibility index (Phi) is 9.09. The molecule has 3 aromatic rings. The third-order valence-electron chi connectivity index (χ3n) is 8.09. The molecule has 0 atom stereocenters. The van der Waals surface area contributed by atoms with Gasteiger partial charge in [0.05, 0.1) is 5.56 Å². The number of hydrogen-bond donors (Lipinski definition) is 0. The van der Waals surface area contributed by atoms with Gasteiger partial charge < -0.3 is 0 Å². The number of halogens is 4. The van der Waals surface area contributed by atoms with E-state index in [1.165, 1.54) is 75.5 Å². The van der Waals surface area contributed by atoms with Gasteiger partial charge in [-0.25, -0.2) is 4.39 Å². The summed E-state index contributed by atoms with van der Waals surface area (Å²) in [4.78, 5) is 0. The van der Waals surface area contributed by atoms with E-state index in [1.807, 2.05) is 18.2 Å². The molecule has 0 nitrogen and oxygen atoms in total. The molecule has 36 heavy (non-hydrogen) atoms. The summed E-state index contributed by atoms with van der Waals surface area (Å²) in [6.07, 6.45) is 9.78. The molecule has 0 saturated heterocycles. The normalized spacial score (nSPS) is 18.6. The summed E-state index contributed by atoms with van der Waals surface area (Å²) in [5, 5.41) is 1.54. The van der Waals surface area contributed by atoms with Crippen molar-refractivity contribution in [3.8, 4) is 0 Å². The quantitative estimate of drug-likeness (QED) is 0.193. The zero-order valence-corrected chi connectivity index (χ0v) is 21.3. The SMILES string of the molecule is CCCCCC1CCC(CCc2ccc3c(F)c(CCc4ccc(C(F)(F)F)cc4)ccc3c2)CC1. The van der Waals surface area contributed by atoms with Gasteiger partial charge in [0.1, 0.15) is 5.82 Å². The minimum Gasteiger partial charge on any atom is -0.206 e. The van der Waals surface area contributed by atoms with Crippen LogP contribution in [0.1, 0.15) is 87.0 Å². The van der Waals surface area contributed by atoms with Crippen molar-refractivity contribution in [2.45, 2.75) is 90.1 Å². The van der Waals surface area contributed by atoms with E-state index in [4.69, 9.17) is 0 Å². The van der Waals surface area contributed by atoms with Crippen LogP contribution in [-0.4, -0.2) is 0 Å². The first kappa shape index (κ1) is 26.7. The lowest BCUT2D eigenvalue weighted by Gasteiger charge is -2.28. The number of alkyl halides is 3. The first-order valence-electron chi connectivity index (χ1n) is 13.7. The van der Waals surface area contributed by atoms with Crippen molar-refractivity contribution in [1.29, 1.82) is 0 Å². The smallest absolute Gasteiger partial charge is 0.206 e. The van der Waals surface area contributed by atoms with Gasteiger partial charge >= 0.3 is 6.18 Å². The lowest BCUT2D eigenvalue weighted by molar-refractivity contribution is -0.137. The molecule has 1 aliphatic carbocycles. The van der Waals surface area contributed by atoms with E-state index < -0.39 is 11.7 Å². The van der Waals surface area contributed by atoms with Gasteiger partial charge in [0.2, 0.25) is 0 Å². The molecular weight excluding hydrogens is 460 g/mol. The molecular formula is C32H38F4. The summed E-state index contributed by atoms with van der Waals surface area (Å²) < 4.78 is 53.5. The third kappa shape index (κ3) is 7.11. The topological polar surface area (TPSA) is 0 Å². The van der Waals surface area contributed by atoms with Crippen molar-refractivity contribution in [2.75, 3.05) is 0 Å². The molecule has 0 radical (unpaired) electrons. The highest BCUT2D eigenvalue weighted by molar-refractivity contribution is 5.84. The van der Waals surface area contributed by atoms with E-state index in [-0.39, 0.29) is 5.82 Å². The number of fused-ring (bicyclic) bond motifs is 1. The minimum atomic E-state index is -4.34. The van der Waals surface area contributed by atoms with Gasteiger partial charge in [0.15, 0.2) is 0 Å². The highest BCUT2D eigenvalue weighted by Gasteiger charge is 2.29. The summed E-state index contributed by atoms with van der Waals surface area (Å²) in [6, 6.07) is 15.0. The average molecular weight is 499 g/mol. The maximum atomic E-state index is 15.2. The lowest BCUT2D eigenvalue weighted by atomic mass is 9.77. The van der Waals surface area contributed by atoms with Gasteiger partial charge in [-0.3, -0.25) is 0 Å². The molecule has 0 aliphatic heterocycles. The molecule has 0 amide bonds. The van der Waals surface area contributed by atoms with Crippen LogP contribution in [0.2, 0.25) is 0 Å². The fraction of sp³-hybridized carbons (Fsp3) is 0.500. The number of unbranched alkanes of at least 4 members (excludes halogenated alkanes) is 2. The van der Waals surface area contributed by atoms with Crippen molar-refractivity contribution in [2.24, 2.45) is 11.8 Å². The van der Waals surface area contributed by atoms with Crippen molar-refractivity contribution in [3.63, 3.8) is 0 Å². The highest BCUT2D eigenvalue weighted by atomic mass is 19.4. The molecule has 0 unspecified atom stereocenters. The van der Waals surface area contributed by atoms with E-state index in [1.54, 1.807) is 0 Å². The molecule has 0 N–H and O–H groups in total. The molecule has 1 aliphatic rings. The van der Waals surface area contributed by atoms with Crippen LogP contribution in [0, 0.1) is 17.7 Å². The number of benzene rings is 3. The predicted molar refractivity (Wildman–Crippen MR) is 141 cm³/mol. The van der Waals surface area contributed by atoms with E-state index in [2.05, 4.69) is 19.1 Å². The van der Waals surface area contributed by atoms with Gasteiger partial charge in [0.25, 0.3) is 0 Å². The first-order valence-corrected chi connectivity index (χ1v) is 13.7. The highest BCUT2D eigenvalue weighted by Crippen LogP contribution is 2.35. The van der Waals surface area contributed by atoms with Gasteiger partial charge in [-0.15, -0.1) is 0 Å². The van der Waals surface area contributed by atoms with Crippen molar-refractivity contribution < 1.29 is 17.6 Å². The Morgan fingerprint density at radius 2 is 1.39 bits per heavy atom. The fourth-order valence-electron chi connectivity index (χ4n) is 5.74. The molecule has 3 aromatic carbocycles. The predicted octanol–water partition coefficient (Wildman–Crippen LogP) is 10.1. The Labute approximate surface area is 213 Å². The molecule has 1 saturated carbocycles. The summed E-state index contributed by atoms with van der Waals surface area (Å²) in [7, 11) is 0. The summed E-state index contributed by atoms with van der Waals surface area (Å²) >= 11 is 0. The fourth-order valence-corrected chi connectivity index (χ4v) is 5.74. The standard InChI is InChI=1S/C32H38F4/c1-2-3-4-5-23-6-8-24(9-7-23)10-11-26-15-21-30-28(22-26)18-17-27(31(30)33)16-12-25-13-19-29(20-14-25)32(34,35)36/h13-15,17-24H,2-12,16H2,1H3. The maximum Gasteiger partial charge on any atom is 0.416 e. The Hall–Kier alpha value is -2.36. The molecule has 0 bridgehead atoms. The zero-order valence-electron chi connectivity index (χ0n) is 21.3. The third-order valence-corrected chi connectivity index (χ3v) is 8.09. The Morgan fingerprint density at radius 3 is 2.06 bits per heavy atom. The molecule has 1 fully saturated rings. The van der Waals surface area contributed by atoms with E-state index in [0.717, 1.165) is 41.3 Å². The number of aryl methyl sites for hydroxylation is 3. The monoisotopic (exact) mass is 498 g/mol. The maximum absolute atomic E-state index is 15.2. The molecule has 4 rings (SSSR count). The molecule has 0 heterocycles.